The zero-order chi connectivity index (χ0) is 20.9. The lowest BCUT2D eigenvalue weighted by Gasteiger charge is -2.30. The number of halogens is 1. The van der Waals surface area contributed by atoms with Crippen molar-refractivity contribution >= 4 is 22.8 Å². The van der Waals surface area contributed by atoms with Crippen LogP contribution in [0.1, 0.15) is 43.7 Å². The highest BCUT2D eigenvalue weighted by Gasteiger charge is 2.31. The molecule has 0 amide bonds. The summed E-state index contributed by atoms with van der Waals surface area (Å²) in [6.07, 6.45) is 5.59. The number of esters is 1. The van der Waals surface area contributed by atoms with E-state index in [1.165, 1.54) is 12.5 Å². The van der Waals surface area contributed by atoms with Gasteiger partial charge in [0.2, 0.25) is 0 Å². The Morgan fingerprint density at radius 1 is 1.27 bits per heavy atom. The van der Waals surface area contributed by atoms with Crippen LogP contribution in [0.5, 0.6) is 0 Å². The maximum atomic E-state index is 14.4. The first-order valence-electron chi connectivity index (χ1n) is 10.7. The van der Waals surface area contributed by atoms with E-state index < -0.39 is 17.7 Å². The van der Waals surface area contributed by atoms with Crippen molar-refractivity contribution in [2.75, 3.05) is 37.7 Å². The summed E-state index contributed by atoms with van der Waals surface area (Å²) >= 11 is 0. The van der Waals surface area contributed by atoms with Crippen molar-refractivity contribution in [2.24, 2.45) is 5.92 Å². The Balaban J connectivity index is 1.65. The summed E-state index contributed by atoms with van der Waals surface area (Å²) in [7, 11) is 0. The Labute approximate surface area is 175 Å². The van der Waals surface area contributed by atoms with E-state index in [0.717, 1.165) is 38.8 Å². The number of anilines is 1. The summed E-state index contributed by atoms with van der Waals surface area (Å²) in [5.41, 5.74) is 0.636. The number of hydrogen-bond donors (Lipinski definition) is 1. The first-order chi connectivity index (χ1) is 14.7. The molecule has 30 heavy (non-hydrogen) atoms. The molecule has 1 saturated carbocycles. The van der Waals surface area contributed by atoms with E-state index >= 15 is 0 Å². The van der Waals surface area contributed by atoms with Crippen molar-refractivity contribution in [2.45, 2.75) is 38.0 Å². The second-order valence-electron chi connectivity index (χ2n) is 7.97. The molecule has 2 heterocycles. The molecule has 2 aromatic rings. The Morgan fingerprint density at radius 2 is 2.03 bits per heavy atom. The van der Waals surface area contributed by atoms with E-state index in [1.54, 1.807) is 12.1 Å². The van der Waals surface area contributed by atoms with Crippen LogP contribution in [0.25, 0.3) is 11.0 Å². The van der Waals surface area contributed by atoms with Gasteiger partial charge in [-0.3, -0.25) is 4.79 Å². The molecule has 1 aliphatic heterocycles. The number of hydrogen-bond acceptors (Lipinski definition) is 7. The molecule has 1 atom stereocenters. The number of nitrogens with one attached hydrogen (secondary N) is 1. The second-order valence-corrected chi connectivity index (χ2v) is 7.97. The number of ether oxygens (including phenoxy) is 1. The number of benzene rings is 1. The predicted octanol–water partition coefficient (Wildman–Crippen LogP) is 2.91. The number of para-hydroxylation sites is 1. The van der Waals surface area contributed by atoms with Gasteiger partial charge in [-0.15, -0.1) is 0 Å². The minimum Gasteiger partial charge on any atom is -0.464 e. The SMILES string of the molecule is N#CC(C(=O)OCC1CCCCC1)c1nc2c(F)cccc2nc1N1CCNCC1. The number of nitrogens with zero attached hydrogens (tertiary/aromatic N) is 4. The van der Waals surface area contributed by atoms with Crippen LogP contribution in [0.15, 0.2) is 18.2 Å². The van der Waals surface area contributed by atoms with E-state index in [9.17, 15) is 14.4 Å². The molecule has 2 fully saturated rings. The Morgan fingerprint density at radius 3 is 2.77 bits per heavy atom. The van der Waals surface area contributed by atoms with Gasteiger partial charge >= 0.3 is 5.97 Å². The number of carbonyl (C=O) groups excluding carboxylic acids is 1. The monoisotopic (exact) mass is 411 g/mol. The Hall–Kier alpha value is -2.79. The largest absolute Gasteiger partial charge is 0.464 e. The van der Waals surface area contributed by atoms with Gasteiger partial charge in [0.05, 0.1) is 18.2 Å². The highest BCUT2D eigenvalue weighted by molar-refractivity contribution is 5.85. The molecule has 1 N–H and O–H groups in total. The van der Waals surface area contributed by atoms with Crippen molar-refractivity contribution in [1.82, 2.24) is 15.3 Å². The maximum absolute atomic E-state index is 14.4. The third kappa shape index (κ3) is 4.36. The van der Waals surface area contributed by atoms with Gasteiger partial charge in [-0.2, -0.15) is 5.26 Å². The van der Waals surface area contributed by atoms with Crippen LogP contribution in [0, 0.1) is 23.1 Å². The highest BCUT2D eigenvalue weighted by atomic mass is 19.1. The van der Waals surface area contributed by atoms with Gasteiger partial charge in [0, 0.05) is 26.2 Å². The molecular formula is C22H26FN5O2. The standard InChI is InChI=1S/C22H26FN5O2/c23-17-7-4-8-18-20(17)27-19(21(26-18)28-11-9-25-10-12-28)16(13-24)22(29)30-14-15-5-2-1-3-6-15/h4,7-8,15-16,25H,1-3,5-6,9-12,14H2. The Kier molecular flexibility index (Phi) is 6.38. The fourth-order valence-electron chi connectivity index (χ4n) is 4.21. The van der Waals surface area contributed by atoms with Crippen molar-refractivity contribution in [1.29, 1.82) is 5.26 Å². The summed E-state index contributed by atoms with van der Waals surface area (Å²) in [6.45, 7) is 3.15. The number of nitriles is 1. The molecule has 2 aliphatic rings. The molecule has 1 aromatic carbocycles. The van der Waals surface area contributed by atoms with E-state index in [0.29, 0.717) is 36.9 Å². The van der Waals surface area contributed by atoms with Crippen LogP contribution >= 0.6 is 0 Å². The molecule has 158 valence electrons. The van der Waals surface area contributed by atoms with Gasteiger partial charge in [-0.1, -0.05) is 25.3 Å². The highest BCUT2D eigenvalue weighted by Crippen LogP contribution is 2.30. The van der Waals surface area contributed by atoms with Gasteiger partial charge in [-0.05, 0) is 30.9 Å². The molecule has 7 nitrogen and oxygen atoms in total. The topological polar surface area (TPSA) is 91.1 Å². The zero-order valence-electron chi connectivity index (χ0n) is 16.9. The third-order valence-corrected chi connectivity index (χ3v) is 5.89. The summed E-state index contributed by atoms with van der Waals surface area (Å²) in [5, 5.41) is 13.1. The molecule has 1 aromatic heterocycles. The summed E-state index contributed by atoms with van der Waals surface area (Å²) in [4.78, 5) is 23.8. The number of carbonyl (C=O) groups is 1. The van der Waals surface area contributed by atoms with Crippen LogP contribution in [0.3, 0.4) is 0 Å². The van der Waals surface area contributed by atoms with Crippen LogP contribution in [0.4, 0.5) is 10.2 Å². The van der Waals surface area contributed by atoms with Gasteiger partial charge < -0.3 is 15.0 Å². The zero-order valence-corrected chi connectivity index (χ0v) is 16.9. The molecule has 4 rings (SSSR count). The second kappa shape index (κ2) is 9.35. The fraction of sp³-hybridized carbons (Fsp3) is 0.545. The maximum Gasteiger partial charge on any atom is 0.329 e. The number of piperazine rings is 1. The van der Waals surface area contributed by atoms with E-state index in [-0.39, 0.29) is 11.2 Å². The van der Waals surface area contributed by atoms with E-state index in [2.05, 4.69) is 15.3 Å². The number of fused-ring (bicyclic) bond motifs is 1. The molecule has 1 aliphatic carbocycles. The predicted molar refractivity (Wildman–Crippen MR) is 110 cm³/mol. The molecule has 0 spiro atoms. The number of aromatic nitrogens is 2. The van der Waals surface area contributed by atoms with Crippen LogP contribution in [-0.2, 0) is 9.53 Å². The molecule has 1 unspecified atom stereocenters. The average Bonchev–Trinajstić information content (AvgIpc) is 2.79. The van der Waals surface area contributed by atoms with Gasteiger partial charge in [-0.25, -0.2) is 14.4 Å². The average molecular weight is 411 g/mol. The summed E-state index contributed by atoms with van der Waals surface area (Å²) < 4.78 is 19.9. The van der Waals surface area contributed by atoms with Crippen molar-refractivity contribution in [3.63, 3.8) is 0 Å². The summed E-state index contributed by atoms with van der Waals surface area (Å²) in [5.74, 6) is -1.61. The molecular weight excluding hydrogens is 385 g/mol. The molecule has 8 heteroatoms. The fourth-order valence-corrected chi connectivity index (χ4v) is 4.21. The van der Waals surface area contributed by atoms with Crippen molar-refractivity contribution < 1.29 is 13.9 Å². The normalized spacial score (nSPS) is 18.7. The third-order valence-electron chi connectivity index (χ3n) is 5.89. The quantitative estimate of drug-likeness (QED) is 0.757. The molecule has 1 saturated heterocycles. The van der Waals surface area contributed by atoms with Gasteiger partial charge in [0.25, 0.3) is 0 Å². The lowest BCUT2D eigenvalue weighted by molar-refractivity contribution is -0.145. The van der Waals surface area contributed by atoms with E-state index in [4.69, 9.17) is 4.74 Å². The lowest BCUT2D eigenvalue weighted by atomic mass is 9.90. The van der Waals surface area contributed by atoms with Crippen LogP contribution in [-0.4, -0.2) is 48.7 Å². The number of rotatable bonds is 5. The first-order valence-corrected chi connectivity index (χ1v) is 10.7. The van der Waals surface area contributed by atoms with Crippen molar-refractivity contribution in [3.8, 4) is 6.07 Å². The lowest BCUT2D eigenvalue weighted by Crippen LogP contribution is -2.44. The summed E-state index contributed by atoms with van der Waals surface area (Å²) in [6, 6.07) is 6.59. The Bertz CT molecular complexity index is 948. The molecule has 0 radical (unpaired) electrons. The minimum absolute atomic E-state index is 0.0618. The van der Waals surface area contributed by atoms with Crippen LogP contribution < -0.4 is 10.2 Å². The molecule has 0 bridgehead atoms. The van der Waals surface area contributed by atoms with Crippen molar-refractivity contribution in [3.05, 3.63) is 29.7 Å². The first kappa shape index (κ1) is 20.5. The van der Waals surface area contributed by atoms with E-state index in [1.807, 2.05) is 11.0 Å². The van der Waals surface area contributed by atoms with Crippen LogP contribution in [0.2, 0.25) is 0 Å². The van der Waals surface area contributed by atoms with Gasteiger partial charge in [0.15, 0.2) is 17.6 Å². The smallest absolute Gasteiger partial charge is 0.329 e. The van der Waals surface area contributed by atoms with Gasteiger partial charge in [0.1, 0.15) is 11.2 Å². The minimum atomic E-state index is -1.24.